The van der Waals surface area contributed by atoms with Crippen LogP contribution in [0.4, 0.5) is 17.1 Å². The largest absolute Gasteiger partial charge is 0.508 e. The summed E-state index contributed by atoms with van der Waals surface area (Å²) < 4.78 is 0. The summed E-state index contributed by atoms with van der Waals surface area (Å²) in [7, 11) is 0. The number of nitro benzene ring substituents is 2. The van der Waals surface area contributed by atoms with Gasteiger partial charge in [-0.05, 0) is 18.2 Å². The number of non-ortho nitro benzene ring substituents is 1. The van der Waals surface area contributed by atoms with E-state index >= 15 is 0 Å². The zero-order valence-electron chi connectivity index (χ0n) is 11.4. The zero-order valence-corrected chi connectivity index (χ0v) is 11.4. The van der Waals surface area contributed by atoms with Crippen LogP contribution in [0.2, 0.25) is 0 Å². The van der Waals surface area contributed by atoms with Crippen molar-refractivity contribution in [1.29, 1.82) is 0 Å². The molecule has 0 radical (unpaired) electrons. The number of anilines is 1. The second kappa shape index (κ2) is 6.39. The van der Waals surface area contributed by atoms with Gasteiger partial charge in [0, 0.05) is 17.7 Å². The van der Waals surface area contributed by atoms with Gasteiger partial charge in [-0.15, -0.1) is 0 Å². The predicted molar refractivity (Wildman–Crippen MR) is 80.7 cm³/mol. The maximum absolute atomic E-state index is 10.9. The molecule has 2 aromatic carbocycles. The molecule has 0 amide bonds. The molecule has 0 heterocycles. The van der Waals surface area contributed by atoms with Gasteiger partial charge >= 0.3 is 5.69 Å². The Morgan fingerprint density at radius 2 is 1.78 bits per heavy atom. The first-order valence-corrected chi connectivity index (χ1v) is 6.12. The monoisotopic (exact) mass is 318 g/mol. The minimum absolute atomic E-state index is 0.0462. The molecule has 2 aromatic rings. The molecule has 10 nitrogen and oxygen atoms in total. The van der Waals surface area contributed by atoms with E-state index in [0.717, 1.165) is 24.3 Å². The van der Waals surface area contributed by atoms with Gasteiger partial charge in [0.15, 0.2) is 0 Å². The number of nitrogens with one attached hydrogen (secondary N) is 1. The fraction of sp³-hybridized carbons (Fsp3) is 0. The van der Waals surface area contributed by atoms with Crippen LogP contribution in [-0.2, 0) is 0 Å². The lowest BCUT2D eigenvalue weighted by atomic mass is 10.2. The minimum Gasteiger partial charge on any atom is -0.508 e. The van der Waals surface area contributed by atoms with Gasteiger partial charge in [-0.1, -0.05) is 0 Å². The number of aromatic hydroxyl groups is 2. The second-order valence-corrected chi connectivity index (χ2v) is 4.33. The maximum Gasteiger partial charge on any atom is 0.301 e. The third-order valence-electron chi connectivity index (χ3n) is 2.79. The van der Waals surface area contributed by atoms with E-state index < -0.39 is 21.2 Å². The van der Waals surface area contributed by atoms with Crippen molar-refractivity contribution >= 4 is 23.3 Å². The number of hydrogen-bond acceptors (Lipinski definition) is 8. The van der Waals surface area contributed by atoms with Crippen molar-refractivity contribution in [3.63, 3.8) is 0 Å². The fourth-order valence-electron chi connectivity index (χ4n) is 1.69. The number of hydrogen-bond donors (Lipinski definition) is 3. The Morgan fingerprint density at radius 1 is 1.04 bits per heavy atom. The van der Waals surface area contributed by atoms with E-state index in [4.69, 9.17) is 5.11 Å². The Morgan fingerprint density at radius 3 is 2.39 bits per heavy atom. The minimum atomic E-state index is -0.775. The van der Waals surface area contributed by atoms with E-state index in [-0.39, 0.29) is 22.7 Å². The average molecular weight is 318 g/mol. The highest BCUT2D eigenvalue weighted by Gasteiger charge is 2.19. The molecule has 0 spiro atoms. The summed E-state index contributed by atoms with van der Waals surface area (Å²) in [6.45, 7) is 0. The highest BCUT2D eigenvalue weighted by atomic mass is 16.6. The molecule has 3 N–H and O–H groups in total. The van der Waals surface area contributed by atoms with Gasteiger partial charge in [0.2, 0.25) is 0 Å². The van der Waals surface area contributed by atoms with Crippen molar-refractivity contribution in [3.8, 4) is 11.5 Å². The van der Waals surface area contributed by atoms with Gasteiger partial charge in [0.25, 0.3) is 5.69 Å². The van der Waals surface area contributed by atoms with Crippen LogP contribution in [0.5, 0.6) is 11.5 Å². The van der Waals surface area contributed by atoms with Crippen LogP contribution >= 0.6 is 0 Å². The molecule has 0 saturated heterocycles. The molecule has 0 aliphatic carbocycles. The molecule has 0 aliphatic heterocycles. The molecule has 118 valence electrons. The smallest absolute Gasteiger partial charge is 0.301 e. The first-order valence-electron chi connectivity index (χ1n) is 6.12. The lowest BCUT2D eigenvalue weighted by molar-refractivity contribution is -0.393. The molecule has 2 rings (SSSR count). The Balaban J connectivity index is 2.24. The normalized spacial score (nSPS) is 10.6. The molecule has 0 saturated carbocycles. The van der Waals surface area contributed by atoms with E-state index in [2.05, 4.69) is 10.5 Å². The van der Waals surface area contributed by atoms with Crippen LogP contribution in [0, 0.1) is 20.2 Å². The van der Waals surface area contributed by atoms with Gasteiger partial charge in [-0.3, -0.25) is 25.7 Å². The Kier molecular flexibility index (Phi) is 4.36. The van der Waals surface area contributed by atoms with E-state index in [1.807, 2.05) is 0 Å². The summed E-state index contributed by atoms with van der Waals surface area (Å²) in [6, 6.07) is 6.90. The number of nitro groups is 2. The molecule has 0 bridgehead atoms. The molecular formula is C13H10N4O6. The summed E-state index contributed by atoms with van der Waals surface area (Å²) in [5.41, 5.74) is 1.68. The molecular weight excluding hydrogens is 308 g/mol. The van der Waals surface area contributed by atoms with Crippen LogP contribution in [0.15, 0.2) is 41.5 Å². The summed E-state index contributed by atoms with van der Waals surface area (Å²) in [5.74, 6) is -0.354. The summed E-state index contributed by atoms with van der Waals surface area (Å²) in [5, 5.41) is 44.0. The van der Waals surface area contributed by atoms with E-state index in [9.17, 15) is 25.3 Å². The van der Waals surface area contributed by atoms with Gasteiger partial charge < -0.3 is 10.2 Å². The quantitative estimate of drug-likeness (QED) is 0.434. The molecule has 0 aromatic heterocycles. The number of nitrogens with zero attached hydrogens (tertiary/aromatic N) is 3. The lowest BCUT2D eigenvalue weighted by Crippen LogP contribution is -1.98. The van der Waals surface area contributed by atoms with Crippen LogP contribution in [0.3, 0.4) is 0 Å². The first-order chi connectivity index (χ1) is 10.9. The van der Waals surface area contributed by atoms with Crippen molar-refractivity contribution in [2.45, 2.75) is 0 Å². The van der Waals surface area contributed by atoms with Gasteiger partial charge in [0.1, 0.15) is 17.2 Å². The van der Waals surface area contributed by atoms with Gasteiger partial charge in [-0.25, -0.2) is 0 Å². The van der Waals surface area contributed by atoms with Crippen LogP contribution < -0.4 is 5.43 Å². The van der Waals surface area contributed by atoms with Crippen molar-refractivity contribution in [1.82, 2.24) is 0 Å². The van der Waals surface area contributed by atoms with E-state index in [1.165, 1.54) is 18.3 Å². The zero-order chi connectivity index (χ0) is 17.0. The Labute approximate surface area is 128 Å². The number of phenolic OH excluding ortho intramolecular Hbond substituents is 2. The lowest BCUT2D eigenvalue weighted by Gasteiger charge is -2.02. The van der Waals surface area contributed by atoms with Crippen molar-refractivity contribution in [2.24, 2.45) is 5.10 Å². The van der Waals surface area contributed by atoms with Crippen molar-refractivity contribution < 1.29 is 20.1 Å². The molecule has 0 aliphatic rings. The van der Waals surface area contributed by atoms with Crippen molar-refractivity contribution in [3.05, 3.63) is 62.2 Å². The highest BCUT2D eigenvalue weighted by molar-refractivity contribution is 5.84. The third kappa shape index (κ3) is 3.69. The number of rotatable bonds is 5. The summed E-state index contributed by atoms with van der Waals surface area (Å²) in [4.78, 5) is 20.1. The standard InChI is InChI=1S/C13H10N4O6/c18-10-3-1-8(13(19)6-10)7-14-15-11-4-2-9(16(20)21)5-12(11)17(22)23/h1-7,15,18-19H/b14-7-. The average Bonchev–Trinajstić information content (AvgIpc) is 2.49. The summed E-state index contributed by atoms with van der Waals surface area (Å²) in [6.07, 6.45) is 1.18. The molecule has 0 atom stereocenters. The maximum atomic E-state index is 10.9. The summed E-state index contributed by atoms with van der Waals surface area (Å²) >= 11 is 0. The Hall–Kier alpha value is -3.69. The van der Waals surface area contributed by atoms with E-state index in [1.54, 1.807) is 0 Å². The van der Waals surface area contributed by atoms with Crippen LogP contribution in [0.1, 0.15) is 5.56 Å². The van der Waals surface area contributed by atoms with Gasteiger partial charge in [0.05, 0.1) is 22.1 Å². The number of hydrazone groups is 1. The van der Waals surface area contributed by atoms with Gasteiger partial charge in [-0.2, -0.15) is 5.10 Å². The highest BCUT2D eigenvalue weighted by Crippen LogP contribution is 2.29. The first kappa shape index (κ1) is 15.7. The van der Waals surface area contributed by atoms with Crippen LogP contribution in [0.25, 0.3) is 0 Å². The SMILES string of the molecule is O=[N+]([O-])c1ccc(N/N=C\c2ccc(O)cc2O)c([N+](=O)[O-])c1. The fourth-order valence-corrected chi connectivity index (χ4v) is 1.69. The molecule has 10 heteroatoms. The van der Waals surface area contributed by atoms with E-state index in [0.29, 0.717) is 0 Å². The molecule has 0 fully saturated rings. The third-order valence-corrected chi connectivity index (χ3v) is 2.79. The predicted octanol–water partition coefficient (Wildman–Crippen LogP) is 2.36. The molecule has 23 heavy (non-hydrogen) atoms. The topological polar surface area (TPSA) is 151 Å². The number of phenols is 2. The molecule has 0 unspecified atom stereocenters. The van der Waals surface area contributed by atoms with Crippen LogP contribution in [-0.4, -0.2) is 26.3 Å². The second-order valence-electron chi connectivity index (χ2n) is 4.33. The number of benzene rings is 2. The van der Waals surface area contributed by atoms with Crippen molar-refractivity contribution in [2.75, 3.05) is 5.43 Å². The Bertz CT molecular complexity index is 805.